The number of carbonyl (C=O) groups excluding carboxylic acids is 2. The standard InChI is InChI=1S/C44H76O10/c1-3-5-7-9-11-13-15-17-19-21-23-25-27-29-31-33-40(47)53-37(36-52-44-43(50)42(49)41(48)38(34-45)54-44)35-51-39(46)32-30-28-26-24-22-20-18-16-14-12-10-8-6-4-2/h11,13,16-19,23,25,37-38,41-45,48-50H,3-10,12,14-15,20-22,24,26-36H2,1-2H3/b13-11+,18-16+,19-17+,25-23+/t37-,38-,41+,42?,43?,44-/m0/s1. The number of hydrogen-bond donors (Lipinski definition) is 4. The lowest BCUT2D eigenvalue weighted by Crippen LogP contribution is -2.59. The van der Waals surface area contributed by atoms with E-state index in [2.05, 4.69) is 62.5 Å². The molecule has 1 aliphatic rings. The summed E-state index contributed by atoms with van der Waals surface area (Å²) in [6, 6.07) is 0. The molecule has 54 heavy (non-hydrogen) atoms. The molecule has 10 nitrogen and oxygen atoms in total. The Bertz CT molecular complexity index is 1020. The summed E-state index contributed by atoms with van der Waals surface area (Å²) in [5.41, 5.74) is 0. The van der Waals surface area contributed by atoms with Crippen LogP contribution in [0, 0.1) is 0 Å². The molecule has 4 N–H and O–H groups in total. The number of hydrogen-bond acceptors (Lipinski definition) is 10. The van der Waals surface area contributed by atoms with Gasteiger partial charge in [-0.3, -0.25) is 9.59 Å². The van der Waals surface area contributed by atoms with Crippen LogP contribution in [0.4, 0.5) is 0 Å². The van der Waals surface area contributed by atoms with E-state index >= 15 is 0 Å². The average Bonchev–Trinajstić information content (AvgIpc) is 3.17. The Labute approximate surface area is 327 Å². The second kappa shape index (κ2) is 35.1. The third-order valence-electron chi connectivity index (χ3n) is 9.44. The normalized spacial score (nSPS) is 21.2. The van der Waals surface area contributed by atoms with Crippen LogP contribution in [-0.4, -0.2) is 89.0 Å². The summed E-state index contributed by atoms with van der Waals surface area (Å²) in [6.45, 7) is 3.32. The van der Waals surface area contributed by atoms with Crippen LogP contribution in [0.2, 0.25) is 0 Å². The van der Waals surface area contributed by atoms with Crippen molar-refractivity contribution in [2.45, 2.75) is 198 Å². The second-order valence-corrected chi connectivity index (χ2v) is 14.4. The lowest BCUT2D eigenvalue weighted by Gasteiger charge is -2.39. The first-order chi connectivity index (χ1) is 26.3. The first-order valence-corrected chi connectivity index (χ1v) is 21.2. The van der Waals surface area contributed by atoms with Gasteiger partial charge in [0.25, 0.3) is 0 Å². The molecule has 10 heteroatoms. The number of esters is 2. The van der Waals surface area contributed by atoms with Gasteiger partial charge in [0.1, 0.15) is 31.0 Å². The third kappa shape index (κ3) is 26.5. The zero-order chi connectivity index (χ0) is 39.5. The molecule has 312 valence electrons. The summed E-state index contributed by atoms with van der Waals surface area (Å²) in [5.74, 6) is -0.865. The molecule has 0 aromatic carbocycles. The van der Waals surface area contributed by atoms with E-state index in [0.717, 1.165) is 64.2 Å². The summed E-state index contributed by atoms with van der Waals surface area (Å²) < 4.78 is 22.1. The van der Waals surface area contributed by atoms with Gasteiger partial charge in [-0.05, 0) is 77.0 Å². The van der Waals surface area contributed by atoms with Gasteiger partial charge in [0.15, 0.2) is 12.4 Å². The molecule has 0 amide bonds. The molecule has 1 heterocycles. The fourth-order valence-electron chi connectivity index (χ4n) is 6.01. The van der Waals surface area contributed by atoms with Crippen molar-refractivity contribution in [1.29, 1.82) is 0 Å². The van der Waals surface area contributed by atoms with E-state index in [0.29, 0.717) is 12.8 Å². The van der Waals surface area contributed by atoms with Gasteiger partial charge in [-0.2, -0.15) is 0 Å². The lowest BCUT2D eigenvalue weighted by molar-refractivity contribution is -0.305. The summed E-state index contributed by atoms with van der Waals surface area (Å²) >= 11 is 0. The minimum Gasteiger partial charge on any atom is -0.462 e. The Morgan fingerprint density at radius 1 is 0.574 bits per heavy atom. The highest BCUT2D eigenvalue weighted by Gasteiger charge is 2.44. The van der Waals surface area contributed by atoms with Crippen LogP contribution in [0.15, 0.2) is 48.6 Å². The van der Waals surface area contributed by atoms with Gasteiger partial charge in [-0.1, -0.05) is 120 Å². The second-order valence-electron chi connectivity index (χ2n) is 14.4. The van der Waals surface area contributed by atoms with E-state index in [4.69, 9.17) is 18.9 Å². The Hall–Kier alpha value is -2.34. The molecule has 0 aromatic rings. The summed E-state index contributed by atoms with van der Waals surface area (Å²) in [4.78, 5) is 25.2. The molecule has 1 fully saturated rings. The zero-order valence-corrected chi connectivity index (χ0v) is 33.7. The highest BCUT2D eigenvalue weighted by Crippen LogP contribution is 2.22. The van der Waals surface area contributed by atoms with Crippen molar-refractivity contribution in [3.05, 3.63) is 48.6 Å². The van der Waals surface area contributed by atoms with Gasteiger partial charge in [0.2, 0.25) is 0 Å². The molecule has 0 aromatic heterocycles. The van der Waals surface area contributed by atoms with E-state index in [-0.39, 0.29) is 26.1 Å². The largest absolute Gasteiger partial charge is 0.462 e. The van der Waals surface area contributed by atoms with Crippen molar-refractivity contribution in [3.63, 3.8) is 0 Å². The van der Waals surface area contributed by atoms with Crippen LogP contribution < -0.4 is 0 Å². The first-order valence-electron chi connectivity index (χ1n) is 21.2. The minimum atomic E-state index is -1.60. The molecule has 1 saturated heterocycles. The van der Waals surface area contributed by atoms with E-state index in [9.17, 15) is 30.0 Å². The van der Waals surface area contributed by atoms with Crippen molar-refractivity contribution < 1.29 is 49.0 Å². The molecule has 0 spiro atoms. The van der Waals surface area contributed by atoms with Gasteiger partial charge < -0.3 is 39.4 Å². The Kier molecular flexibility index (Phi) is 32.3. The van der Waals surface area contributed by atoms with Gasteiger partial charge in [0.05, 0.1) is 13.2 Å². The van der Waals surface area contributed by atoms with E-state index < -0.39 is 55.4 Å². The Balaban J connectivity index is 2.41. The maximum Gasteiger partial charge on any atom is 0.306 e. The predicted molar refractivity (Wildman–Crippen MR) is 215 cm³/mol. The number of rotatable bonds is 34. The summed E-state index contributed by atoms with van der Waals surface area (Å²) in [5, 5.41) is 40.0. The summed E-state index contributed by atoms with van der Waals surface area (Å²) in [6.07, 6.45) is 32.6. The highest BCUT2D eigenvalue weighted by molar-refractivity contribution is 5.70. The topological polar surface area (TPSA) is 152 Å². The average molecular weight is 765 g/mol. The van der Waals surface area contributed by atoms with E-state index in [1.54, 1.807) is 0 Å². The van der Waals surface area contributed by atoms with Crippen molar-refractivity contribution in [2.75, 3.05) is 19.8 Å². The minimum absolute atomic E-state index is 0.178. The van der Waals surface area contributed by atoms with Crippen LogP contribution >= 0.6 is 0 Å². The molecule has 1 aliphatic heterocycles. The maximum atomic E-state index is 12.7. The van der Waals surface area contributed by atoms with Gasteiger partial charge in [-0.15, -0.1) is 0 Å². The Morgan fingerprint density at radius 2 is 1.04 bits per heavy atom. The van der Waals surface area contributed by atoms with Crippen LogP contribution in [0.1, 0.15) is 162 Å². The van der Waals surface area contributed by atoms with Crippen LogP contribution in [0.5, 0.6) is 0 Å². The molecule has 2 unspecified atom stereocenters. The first kappa shape index (κ1) is 49.7. The molecular weight excluding hydrogens is 688 g/mol. The number of aliphatic hydroxyl groups is 4. The molecule has 0 aliphatic carbocycles. The van der Waals surface area contributed by atoms with Gasteiger partial charge in [0, 0.05) is 12.8 Å². The third-order valence-corrected chi connectivity index (χ3v) is 9.44. The predicted octanol–water partition coefficient (Wildman–Crippen LogP) is 8.49. The van der Waals surface area contributed by atoms with E-state index in [1.807, 2.05) is 0 Å². The van der Waals surface area contributed by atoms with Gasteiger partial charge >= 0.3 is 11.9 Å². The SMILES string of the molecule is CCCCC/C=C/C/C=C/C/C=C/CCCCC(=O)O[C@@H](COC(=O)CCCCCCC/C=C/CCCCCCC)CO[C@H]1O[C@@H](CO)[C@@H](O)C(O)C1O. The van der Waals surface area contributed by atoms with Crippen LogP contribution in [-0.2, 0) is 28.5 Å². The maximum absolute atomic E-state index is 12.7. The van der Waals surface area contributed by atoms with Crippen molar-refractivity contribution in [3.8, 4) is 0 Å². The number of unbranched alkanes of at least 4 members (excludes halogenated alkanes) is 15. The Morgan fingerprint density at radius 3 is 1.65 bits per heavy atom. The molecule has 1 rings (SSSR count). The van der Waals surface area contributed by atoms with E-state index in [1.165, 1.54) is 57.8 Å². The molecule has 0 saturated carbocycles. The lowest BCUT2D eigenvalue weighted by atomic mass is 9.99. The number of aliphatic hydroxyl groups excluding tert-OH is 4. The number of carbonyl (C=O) groups is 2. The summed E-state index contributed by atoms with van der Waals surface area (Å²) in [7, 11) is 0. The molecule has 6 atom stereocenters. The van der Waals surface area contributed by atoms with Gasteiger partial charge in [-0.25, -0.2) is 0 Å². The van der Waals surface area contributed by atoms with Crippen molar-refractivity contribution >= 4 is 11.9 Å². The monoisotopic (exact) mass is 765 g/mol. The number of ether oxygens (including phenoxy) is 4. The van der Waals surface area contributed by atoms with Crippen LogP contribution in [0.3, 0.4) is 0 Å². The van der Waals surface area contributed by atoms with Crippen molar-refractivity contribution in [1.82, 2.24) is 0 Å². The zero-order valence-electron chi connectivity index (χ0n) is 33.7. The van der Waals surface area contributed by atoms with Crippen molar-refractivity contribution in [2.24, 2.45) is 0 Å². The fourth-order valence-corrected chi connectivity index (χ4v) is 6.01. The molecule has 0 bridgehead atoms. The smallest absolute Gasteiger partial charge is 0.306 e. The highest BCUT2D eigenvalue weighted by atomic mass is 16.7. The molecule has 0 radical (unpaired) electrons. The quantitative estimate of drug-likeness (QED) is 0.0285. The number of allylic oxidation sites excluding steroid dienone is 8. The molecular formula is C44H76O10. The van der Waals surface area contributed by atoms with Crippen LogP contribution in [0.25, 0.3) is 0 Å². The fraction of sp³-hybridized carbons (Fsp3) is 0.773.